The third-order valence-electron chi connectivity index (χ3n) is 5.75. The lowest BCUT2D eigenvalue weighted by molar-refractivity contribution is -0.137. The average Bonchev–Trinajstić information content (AvgIpc) is 2.80. The molecule has 1 aliphatic heterocycles. The smallest absolute Gasteiger partial charge is 0.339 e. The van der Waals surface area contributed by atoms with E-state index in [2.05, 4.69) is 17.1 Å². The third-order valence-corrected chi connectivity index (χ3v) is 5.75. The van der Waals surface area contributed by atoms with Crippen LogP contribution in [-0.2, 0) is 22.3 Å². The van der Waals surface area contributed by atoms with E-state index in [9.17, 15) is 22.8 Å². The molecule has 2 aromatic carbocycles. The summed E-state index contributed by atoms with van der Waals surface area (Å²) >= 11 is 0. The Morgan fingerprint density at radius 2 is 1.62 bits per heavy atom. The molecule has 0 atom stereocenters. The fraction of sp³-hybridized carbons (Fsp3) is 0.440. The maximum absolute atomic E-state index is 13.1. The van der Waals surface area contributed by atoms with Crippen molar-refractivity contribution in [1.82, 2.24) is 14.7 Å². The molecule has 6 nitrogen and oxygen atoms in total. The number of carbonyl (C=O) groups excluding carboxylic acids is 2. The number of rotatable bonds is 9. The van der Waals surface area contributed by atoms with Crippen LogP contribution in [0.5, 0.6) is 0 Å². The van der Waals surface area contributed by atoms with Gasteiger partial charge in [0.25, 0.3) is 0 Å². The van der Waals surface area contributed by atoms with Crippen LogP contribution in [0.2, 0.25) is 0 Å². The van der Waals surface area contributed by atoms with Crippen molar-refractivity contribution >= 4 is 17.5 Å². The van der Waals surface area contributed by atoms with Crippen molar-refractivity contribution in [1.29, 1.82) is 0 Å². The summed E-state index contributed by atoms with van der Waals surface area (Å²) in [6.45, 7) is 5.87. The zero-order valence-corrected chi connectivity index (χ0v) is 19.4. The van der Waals surface area contributed by atoms with Gasteiger partial charge in [-0.15, -0.1) is 0 Å². The summed E-state index contributed by atoms with van der Waals surface area (Å²) in [5, 5.41) is 2.37. The average molecular weight is 477 g/mol. The Bertz CT molecular complexity index is 945. The van der Waals surface area contributed by atoms with Gasteiger partial charge in [-0.05, 0) is 30.7 Å². The number of para-hydroxylation sites is 1. The minimum Gasteiger partial charge on any atom is -0.339 e. The van der Waals surface area contributed by atoms with Gasteiger partial charge >= 0.3 is 6.18 Å². The molecule has 0 bridgehead atoms. The van der Waals surface area contributed by atoms with Crippen molar-refractivity contribution in [3.8, 4) is 0 Å². The van der Waals surface area contributed by atoms with E-state index in [1.165, 1.54) is 18.2 Å². The Labute approximate surface area is 198 Å². The SMILES string of the molecule is CCCN(CC(=O)N1CCN(CC(=O)Nc2ccccc2C(F)(F)F)CC1)Cc1ccccc1. The standard InChI is InChI=1S/C25H31F3N4O2/c1-2-12-31(17-20-8-4-3-5-9-20)19-24(34)32-15-13-30(14-16-32)18-23(33)29-22-11-7-6-10-21(22)25(26,27)28/h3-11H,2,12-19H2,1H3,(H,29,33). The van der Waals surface area contributed by atoms with E-state index in [0.717, 1.165) is 24.6 Å². The number of hydrogen-bond acceptors (Lipinski definition) is 4. The van der Waals surface area contributed by atoms with E-state index in [1.807, 2.05) is 35.2 Å². The molecule has 1 heterocycles. The predicted octanol–water partition coefficient (Wildman–Crippen LogP) is 3.70. The zero-order chi connectivity index (χ0) is 24.6. The molecule has 1 fully saturated rings. The molecule has 0 radical (unpaired) electrons. The highest BCUT2D eigenvalue weighted by atomic mass is 19.4. The van der Waals surface area contributed by atoms with Crippen molar-refractivity contribution in [2.75, 3.05) is 51.1 Å². The third kappa shape index (κ3) is 7.56. The number of nitrogens with zero attached hydrogens (tertiary/aromatic N) is 3. The normalized spacial score (nSPS) is 14.9. The van der Waals surface area contributed by atoms with E-state index in [0.29, 0.717) is 39.3 Å². The first kappa shape index (κ1) is 25.7. The first-order valence-corrected chi connectivity index (χ1v) is 11.5. The summed E-state index contributed by atoms with van der Waals surface area (Å²) in [5.41, 5.74) is 0.0424. The molecule has 2 amide bonds. The van der Waals surface area contributed by atoms with Gasteiger partial charge in [-0.3, -0.25) is 19.4 Å². The van der Waals surface area contributed by atoms with E-state index >= 15 is 0 Å². The number of alkyl halides is 3. The second kappa shape index (κ2) is 12.0. The highest BCUT2D eigenvalue weighted by molar-refractivity contribution is 5.93. The monoisotopic (exact) mass is 476 g/mol. The first-order valence-electron chi connectivity index (χ1n) is 11.5. The fourth-order valence-electron chi connectivity index (χ4n) is 4.05. The molecule has 184 valence electrons. The quantitative estimate of drug-likeness (QED) is 0.600. The number of hydrogen-bond donors (Lipinski definition) is 1. The minimum absolute atomic E-state index is 0.0236. The molecule has 9 heteroatoms. The predicted molar refractivity (Wildman–Crippen MR) is 125 cm³/mol. The lowest BCUT2D eigenvalue weighted by Gasteiger charge is -2.35. The van der Waals surface area contributed by atoms with Gasteiger partial charge < -0.3 is 10.2 Å². The second-order valence-electron chi connectivity index (χ2n) is 8.44. The molecule has 2 aromatic rings. The highest BCUT2D eigenvalue weighted by Gasteiger charge is 2.33. The van der Waals surface area contributed by atoms with Crippen molar-refractivity contribution in [3.63, 3.8) is 0 Å². The van der Waals surface area contributed by atoms with Gasteiger partial charge in [0.15, 0.2) is 0 Å². The maximum Gasteiger partial charge on any atom is 0.418 e. The Kier molecular flexibility index (Phi) is 9.06. The summed E-state index contributed by atoms with van der Waals surface area (Å²) in [6.07, 6.45) is -3.59. The first-order chi connectivity index (χ1) is 16.3. The summed E-state index contributed by atoms with van der Waals surface area (Å²) in [7, 11) is 0. The lowest BCUT2D eigenvalue weighted by atomic mass is 10.1. The Morgan fingerprint density at radius 1 is 0.971 bits per heavy atom. The topological polar surface area (TPSA) is 55.9 Å². The van der Waals surface area contributed by atoms with Crippen LogP contribution in [0.15, 0.2) is 54.6 Å². The van der Waals surface area contributed by atoms with Crippen LogP contribution in [0, 0.1) is 0 Å². The highest BCUT2D eigenvalue weighted by Crippen LogP contribution is 2.34. The van der Waals surface area contributed by atoms with Crippen LogP contribution in [-0.4, -0.2) is 72.3 Å². The van der Waals surface area contributed by atoms with Crippen LogP contribution in [0.1, 0.15) is 24.5 Å². The molecular formula is C25H31F3N4O2. The lowest BCUT2D eigenvalue weighted by Crippen LogP contribution is -2.52. The van der Waals surface area contributed by atoms with Crippen molar-refractivity contribution in [2.24, 2.45) is 0 Å². The van der Waals surface area contributed by atoms with E-state index in [1.54, 1.807) is 4.90 Å². The van der Waals surface area contributed by atoms with Gasteiger partial charge in [-0.1, -0.05) is 49.4 Å². The molecule has 0 spiro atoms. The molecule has 0 aromatic heterocycles. The molecule has 1 saturated heterocycles. The largest absolute Gasteiger partial charge is 0.418 e. The van der Waals surface area contributed by atoms with Crippen LogP contribution < -0.4 is 5.32 Å². The fourth-order valence-corrected chi connectivity index (χ4v) is 4.05. The number of benzene rings is 2. The minimum atomic E-state index is -4.54. The number of carbonyl (C=O) groups is 2. The van der Waals surface area contributed by atoms with Crippen LogP contribution in [0.4, 0.5) is 18.9 Å². The zero-order valence-electron chi connectivity index (χ0n) is 19.4. The Morgan fingerprint density at radius 3 is 2.26 bits per heavy atom. The number of anilines is 1. The summed E-state index contributed by atoms with van der Waals surface area (Å²) in [6, 6.07) is 15.0. The number of amides is 2. The molecule has 0 unspecified atom stereocenters. The Hall–Kier alpha value is -2.91. The molecule has 3 rings (SSSR count). The van der Waals surface area contributed by atoms with Crippen LogP contribution in [0.3, 0.4) is 0 Å². The van der Waals surface area contributed by atoms with E-state index in [-0.39, 0.29) is 18.1 Å². The molecular weight excluding hydrogens is 445 g/mol. The molecule has 1 aliphatic rings. The summed E-state index contributed by atoms with van der Waals surface area (Å²) in [5.74, 6) is -0.457. The second-order valence-corrected chi connectivity index (χ2v) is 8.44. The van der Waals surface area contributed by atoms with E-state index in [4.69, 9.17) is 0 Å². The van der Waals surface area contributed by atoms with Crippen molar-refractivity contribution < 1.29 is 22.8 Å². The van der Waals surface area contributed by atoms with Gasteiger partial charge in [0.05, 0.1) is 24.3 Å². The molecule has 0 aliphatic carbocycles. The molecule has 0 saturated carbocycles. The van der Waals surface area contributed by atoms with Crippen LogP contribution in [0.25, 0.3) is 0 Å². The molecule has 1 N–H and O–H groups in total. The van der Waals surface area contributed by atoms with Crippen LogP contribution >= 0.6 is 0 Å². The van der Waals surface area contributed by atoms with Gasteiger partial charge in [-0.2, -0.15) is 13.2 Å². The van der Waals surface area contributed by atoms with Crippen molar-refractivity contribution in [2.45, 2.75) is 26.1 Å². The molecule has 34 heavy (non-hydrogen) atoms. The summed E-state index contributed by atoms with van der Waals surface area (Å²) < 4.78 is 39.4. The maximum atomic E-state index is 13.1. The number of halogens is 3. The van der Waals surface area contributed by atoms with Gasteiger partial charge in [0, 0.05) is 32.7 Å². The Balaban J connectivity index is 1.47. The van der Waals surface area contributed by atoms with Gasteiger partial charge in [-0.25, -0.2) is 0 Å². The number of piperazine rings is 1. The number of nitrogens with one attached hydrogen (secondary N) is 1. The van der Waals surface area contributed by atoms with Crippen molar-refractivity contribution in [3.05, 3.63) is 65.7 Å². The summed E-state index contributed by atoms with van der Waals surface area (Å²) in [4.78, 5) is 31.0. The van der Waals surface area contributed by atoms with Gasteiger partial charge in [0.2, 0.25) is 11.8 Å². The van der Waals surface area contributed by atoms with Gasteiger partial charge in [0.1, 0.15) is 0 Å². The van der Waals surface area contributed by atoms with E-state index < -0.39 is 17.6 Å².